The van der Waals surface area contributed by atoms with E-state index in [0.29, 0.717) is 25.0 Å². The number of carbonyl (C=O) groups excluding carboxylic acids is 1. The molecule has 1 aliphatic carbocycles. The van der Waals surface area contributed by atoms with Gasteiger partial charge in [-0.25, -0.2) is 0 Å². The van der Waals surface area contributed by atoms with Gasteiger partial charge in [0.2, 0.25) is 5.95 Å². The number of benzene rings is 2. The largest absolute Gasteiger partial charge is 0.378 e. The molecule has 4 aromatic rings. The number of carbonyl (C=O) groups is 1. The lowest BCUT2D eigenvalue weighted by Gasteiger charge is -2.27. The lowest BCUT2D eigenvalue weighted by molar-refractivity contribution is 0.102. The number of nitrogens with zero attached hydrogens (tertiary/aromatic N) is 5. The number of thioether (sulfide) groups is 1. The molecular formula is C26H27N5O2S. The predicted molar refractivity (Wildman–Crippen MR) is 135 cm³/mol. The second kappa shape index (κ2) is 8.92. The molecule has 3 heterocycles. The molecule has 174 valence electrons. The molecule has 0 spiro atoms. The van der Waals surface area contributed by atoms with Gasteiger partial charge in [0.1, 0.15) is 0 Å². The van der Waals surface area contributed by atoms with Crippen LogP contribution >= 0.6 is 11.8 Å². The Hall–Kier alpha value is -3.10. The molecule has 0 atom stereocenters. The van der Waals surface area contributed by atoms with Gasteiger partial charge in [-0.2, -0.15) is 0 Å². The van der Waals surface area contributed by atoms with Gasteiger partial charge in [-0.05, 0) is 24.5 Å². The second-order valence-corrected chi connectivity index (χ2v) is 9.80. The summed E-state index contributed by atoms with van der Waals surface area (Å²) in [5.74, 6) is 1.34. The van der Waals surface area contributed by atoms with Gasteiger partial charge in [0.25, 0.3) is 0 Å². The van der Waals surface area contributed by atoms with Crippen molar-refractivity contribution < 1.29 is 9.53 Å². The molecule has 2 aromatic heterocycles. The van der Waals surface area contributed by atoms with Crippen molar-refractivity contribution in [2.45, 2.75) is 24.0 Å². The first-order valence-corrected chi connectivity index (χ1v) is 12.8. The molecule has 2 aliphatic rings. The third-order valence-corrected chi connectivity index (χ3v) is 7.56. The van der Waals surface area contributed by atoms with Gasteiger partial charge < -0.3 is 14.2 Å². The fourth-order valence-corrected chi connectivity index (χ4v) is 5.68. The molecule has 1 saturated heterocycles. The smallest absolute Gasteiger partial charge is 0.228 e. The number of rotatable bonds is 7. The zero-order valence-corrected chi connectivity index (χ0v) is 20.0. The van der Waals surface area contributed by atoms with Crippen molar-refractivity contribution in [2.75, 3.05) is 37.0 Å². The van der Waals surface area contributed by atoms with Gasteiger partial charge in [-0.1, -0.05) is 60.3 Å². The Labute approximate surface area is 202 Å². The summed E-state index contributed by atoms with van der Waals surface area (Å²) in [5.41, 5.74) is 3.85. The van der Waals surface area contributed by atoms with Gasteiger partial charge in [0.15, 0.2) is 10.9 Å². The second-order valence-electron chi connectivity index (χ2n) is 8.86. The molecule has 0 amide bonds. The minimum atomic E-state index is 0.110. The molecule has 0 unspecified atom stereocenters. The zero-order chi connectivity index (χ0) is 23.1. The minimum Gasteiger partial charge on any atom is -0.378 e. The molecule has 0 radical (unpaired) electrons. The number of ether oxygens (including phenoxy) is 1. The summed E-state index contributed by atoms with van der Waals surface area (Å²) in [6.45, 7) is 3.07. The maximum atomic E-state index is 13.7. The number of para-hydroxylation sites is 1. The van der Waals surface area contributed by atoms with E-state index in [1.807, 2.05) is 43.4 Å². The van der Waals surface area contributed by atoms with Crippen molar-refractivity contribution >= 4 is 34.4 Å². The van der Waals surface area contributed by atoms with Crippen LogP contribution in [0.3, 0.4) is 0 Å². The fourth-order valence-electron chi connectivity index (χ4n) is 4.81. The number of ketones is 1. The van der Waals surface area contributed by atoms with Gasteiger partial charge in [0, 0.05) is 37.1 Å². The van der Waals surface area contributed by atoms with Gasteiger partial charge in [0.05, 0.1) is 30.2 Å². The van der Waals surface area contributed by atoms with E-state index in [4.69, 9.17) is 4.74 Å². The Kier molecular flexibility index (Phi) is 5.63. The maximum Gasteiger partial charge on any atom is 0.228 e. The van der Waals surface area contributed by atoms with E-state index in [9.17, 15) is 4.79 Å². The molecule has 0 N–H and O–H groups in total. The van der Waals surface area contributed by atoms with Crippen LogP contribution in [0.25, 0.3) is 22.2 Å². The van der Waals surface area contributed by atoms with E-state index >= 15 is 0 Å². The molecule has 8 heteroatoms. The van der Waals surface area contributed by atoms with Crippen LogP contribution in [0.2, 0.25) is 0 Å². The number of hydrogen-bond donors (Lipinski definition) is 0. The number of hydrogen-bond acceptors (Lipinski definition) is 6. The number of anilines is 1. The summed E-state index contributed by atoms with van der Waals surface area (Å²) >= 11 is 1.50. The minimum absolute atomic E-state index is 0.110. The Morgan fingerprint density at radius 2 is 1.76 bits per heavy atom. The Balaban J connectivity index is 1.32. The summed E-state index contributed by atoms with van der Waals surface area (Å²) in [5, 5.41) is 10.8. The van der Waals surface area contributed by atoms with Crippen LogP contribution in [0.1, 0.15) is 29.2 Å². The number of fused-ring (bicyclic) bond motifs is 1. The lowest BCUT2D eigenvalue weighted by atomic mass is 10.0. The van der Waals surface area contributed by atoms with Crippen LogP contribution in [0.5, 0.6) is 0 Å². The Morgan fingerprint density at radius 3 is 2.53 bits per heavy atom. The fraction of sp³-hybridized carbons (Fsp3) is 0.346. The van der Waals surface area contributed by atoms with Gasteiger partial charge in [-0.15, -0.1) is 10.2 Å². The highest BCUT2D eigenvalue weighted by atomic mass is 32.2. The van der Waals surface area contributed by atoms with Crippen LogP contribution < -0.4 is 4.90 Å². The van der Waals surface area contributed by atoms with Crippen molar-refractivity contribution in [3.8, 4) is 11.3 Å². The van der Waals surface area contributed by atoms with Crippen molar-refractivity contribution in [3.05, 3.63) is 60.2 Å². The molecule has 2 fully saturated rings. The first-order chi connectivity index (χ1) is 16.7. The molecule has 7 nitrogen and oxygen atoms in total. The van der Waals surface area contributed by atoms with Gasteiger partial charge in [-0.3, -0.25) is 9.36 Å². The topological polar surface area (TPSA) is 65.2 Å². The Morgan fingerprint density at radius 1 is 1.03 bits per heavy atom. The monoisotopic (exact) mass is 473 g/mol. The van der Waals surface area contributed by atoms with Crippen molar-refractivity contribution in [3.63, 3.8) is 0 Å². The lowest BCUT2D eigenvalue weighted by Crippen LogP contribution is -2.38. The van der Waals surface area contributed by atoms with Gasteiger partial charge >= 0.3 is 0 Å². The van der Waals surface area contributed by atoms with Crippen molar-refractivity contribution in [1.82, 2.24) is 19.3 Å². The zero-order valence-electron chi connectivity index (χ0n) is 19.2. The molecule has 0 bridgehead atoms. The maximum absolute atomic E-state index is 13.7. The van der Waals surface area contributed by atoms with Crippen LogP contribution in [0.4, 0.5) is 5.95 Å². The number of morpholine rings is 1. The molecular weight excluding hydrogens is 446 g/mol. The third kappa shape index (κ3) is 3.80. The first-order valence-electron chi connectivity index (χ1n) is 11.8. The molecule has 1 saturated carbocycles. The van der Waals surface area contributed by atoms with E-state index in [0.717, 1.165) is 64.8 Å². The summed E-state index contributed by atoms with van der Waals surface area (Å²) in [6, 6.07) is 18.7. The van der Waals surface area contributed by atoms with E-state index in [1.165, 1.54) is 11.8 Å². The SMILES string of the molecule is Cn1c(-c2ccccc2)c(C(=O)CSc2nnc(N3CCOCC3)n2C2CC2)c2ccccc21. The van der Waals surface area contributed by atoms with Crippen LogP contribution in [-0.2, 0) is 11.8 Å². The van der Waals surface area contributed by atoms with Crippen LogP contribution in [-0.4, -0.2) is 57.2 Å². The normalized spacial score (nSPS) is 16.3. The average molecular weight is 474 g/mol. The number of Topliss-reactive ketones (excluding diaryl/α,β-unsaturated/α-hetero) is 1. The quantitative estimate of drug-likeness (QED) is 0.289. The first kappa shape index (κ1) is 21.4. The third-order valence-electron chi connectivity index (χ3n) is 6.62. The highest BCUT2D eigenvalue weighted by Crippen LogP contribution is 2.41. The van der Waals surface area contributed by atoms with E-state index < -0.39 is 0 Å². The van der Waals surface area contributed by atoms with E-state index in [2.05, 4.69) is 42.4 Å². The summed E-state index contributed by atoms with van der Waals surface area (Å²) in [7, 11) is 2.03. The highest BCUT2D eigenvalue weighted by molar-refractivity contribution is 7.99. The molecule has 6 rings (SSSR count). The summed E-state index contributed by atoms with van der Waals surface area (Å²) in [4.78, 5) is 16.0. The van der Waals surface area contributed by atoms with Crippen LogP contribution in [0.15, 0.2) is 59.8 Å². The highest BCUT2D eigenvalue weighted by Gasteiger charge is 2.32. The summed E-state index contributed by atoms with van der Waals surface area (Å²) in [6.07, 6.45) is 2.27. The molecule has 1 aliphatic heterocycles. The Bertz CT molecular complexity index is 1340. The average Bonchev–Trinajstić information content (AvgIpc) is 3.57. The van der Waals surface area contributed by atoms with E-state index in [-0.39, 0.29) is 5.78 Å². The van der Waals surface area contributed by atoms with Crippen LogP contribution in [0, 0.1) is 0 Å². The summed E-state index contributed by atoms with van der Waals surface area (Å²) < 4.78 is 9.88. The standard InChI is InChI=1S/C26H27N5O2S/c1-29-21-10-6-5-9-20(21)23(24(29)18-7-3-2-4-8-18)22(32)17-34-26-28-27-25(31(26)19-11-12-19)30-13-15-33-16-14-30/h2-10,19H,11-17H2,1H3. The van der Waals surface area contributed by atoms with Crippen molar-refractivity contribution in [2.24, 2.45) is 7.05 Å². The number of aromatic nitrogens is 4. The number of aryl methyl sites for hydroxylation is 1. The molecule has 34 heavy (non-hydrogen) atoms. The predicted octanol–water partition coefficient (Wildman–Crippen LogP) is 4.58. The molecule has 2 aromatic carbocycles. The van der Waals surface area contributed by atoms with E-state index in [1.54, 1.807) is 0 Å². The van der Waals surface area contributed by atoms with Crippen molar-refractivity contribution in [1.29, 1.82) is 0 Å².